The number of aromatic nitrogens is 2. The lowest BCUT2D eigenvalue weighted by Gasteiger charge is -2.17. The minimum Gasteiger partial charge on any atom is -0.360 e. The lowest BCUT2D eigenvalue weighted by Crippen LogP contribution is -2.25. The predicted molar refractivity (Wildman–Crippen MR) is 98.8 cm³/mol. The molecule has 2 heterocycles. The molecule has 0 bridgehead atoms. The van der Waals surface area contributed by atoms with Crippen LogP contribution < -0.4 is 9.62 Å². The number of nitro groups is 1. The quantitative estimate of drug-likeness (QED) is 0.607. The molecule has 140 valence electrons. The normalized spacial score (nSPS) is 16.0. The first kappa shape index (κ1) is 18.2. The van der Waals surface area contributed by atoms with Crippen molar-refractivity contribution < 1.29 is 13.3 Å². The lowest BCUT2D eigenvalue weighted by molar-refractivity contribution is -0.384. The molecule has 0 amide bonds. The molecular formula is C16H21N5O4S. The van der Waals surface area contributed by atoms with E-state index in [1.165, 1.54) is 8.99 Å². The first-order valence-electron chi connectivity index (χ1n) is 8.37. The Bertz CT molecular complexity index is 938. The molecule has 9 nitrogen and oxygen atoms in total. The van der Waals surface area contributed by atoms with Crippen LogP contribution in [0.3, 0.4) is 0 Å². The molecule has 0 saturated carbocycles. The summed E-state index contributed by atoms with van der Waals surface area (Å²) >= 11 is 0. The van der Waals surface area contributed by atoms with Gasteiger partial charge < -0.3 is 5.32 Å². The second-order valence-corrected chi connectivity index (χ2v) is 8.16. The maximum Gasteiger partial charge on any atom is 0.333 e. The van der Waals surface area contributed by atoms with Gasteiger partial charge in [-0.2, -0.15) is 5.10 Å². The van der Waals surface area contributed by atoms with Gasteiger partial charge in [0.1, 0.15) is 5.69 Å². The summed E-state index contributed by atoms with van der Waals surface area (Å²) in [6.45, 7) is 2.62. The Morgan fingerprint density at radius 2 is 2.15 bits per heavy atom. The van der Waals surface area contributed by atoms with Crippen molar-refractivity contribution in [3.05, 3.63) is 45.6 Å². The van der Waals surface area contributed by atoms with Gasteiger partial charge in [-0.15, -0.1) is 0 Å². The van der Waals surface area contributed by atoms with E-state index < -0.39 is 14.9 Å². The molecule has 1 aromatic heterocycles. The van der Waals surface area contributed by atoms with E-state index in [-0.39, 0.29) is 11.4 Å². The molecule has 1 saturated heterocycles. The SMILES string of the molecule is CCc1nn(C)c(NCc2cccc(N3CCCS3(=O)=O)c2)c1[N+](=O)[O-]. The number of rotatable bonds is 6. The van der Waals surface area contributed by atoms with Gasteiger partial charge in [-0.3, -0.25) is 14.4 Å². The second kappa shape index (κ2) is 6.94. The van der Waals surface area contributed by atoms with E-state index in [1.54, 1.807) is 25.2 Å². The second-order valence-electron chi connectivity index (χ2n) is 6.14. The van der Waals surface area contributed by atoms with Crippen molar-refractivity contribution >= 4 is 27.2 Å². The zero-order valence-corrected chi connectivity index (χ0v) is 15.5. The van der Waals surface area contributed by atoms with Crippen LogP contribution in [-0.2, 0) is 30.0 Å². The van der Waals surface area contributed by atoms with Gasteiger partial charge >= 0.3 is 5.69 Å². The molecule has 0 unspecified atom stereocenters. The number of anilines is 2. The Kier molecular flexibility index (Phi) is 4.86. The highest BCUT2D eigenvalue weighted by molar-refractivity contribution is 7.93. The average Bonchev–Trinajstić information content (AvgIpc) is 3.11. The van der Waals surface area contributed by atoms with E-state index in [0.29, 0.717) is 43.1 Å². The van der Waals surface area contributed by atoms with Crippen molar-refractivity contribution in [3.8, 4) is 0 Å². The van der Waals surface area contributed by atoms with Crippen LogP contribution in [0.15, 0.2) is 24.3 Å². The van der Waals surface area contributed by atoms with E-state index >= 15 is 0 Å². The molecule has 1 aliphatic heterocycles. The Balaban J connectivity index is 1.82. The number of nitrogens with zero attached hydrogens (tertiary/aromatic N) is 4. The third-order valence-electron chi connectivity index (χ3n) is 4.37. The van der Waals surface area contributed by atoms with Gasteiger partial charge in [0.15, 0.2) is 0 Å². The zero-order chi connectivity index (χ0) is 18.9. The maximum absolute atomic E-state index is 12.1. The monoisotopic (exact) mass is 379 g/mol. The summed E-state index contributed by atoms with van der Waals surface area (Å²) in [4.78, 5) is 10.9. The fourth-order valence-corrected chi connectivity index (χ4v) is 4.69. The number of nitrogens with one attached hydrogen (secondary N) is 1. The third kappa shape index (κ3) is 3.36. The molecule has 1 fully saturated rings. The van der Waals surface area contributed by atoms with Crippen molar-refractivity contribution in [1.29, 1.82) is 0 Å². The molecule has 1 aromatic carbocycles. The van der Waals surface area contributed by atoms with Crippen molar-refractivity contribution in [2.75, 3.05) is 21.9 Å². The summed E-state index contributed by atoms with van der Waals surface area (Å²) < 4.78 is 27.0. The Labute approximate surface area is 151 Å². The van der Waals surface area contributed by atoms with Gasteiger partial charge in [-0.05, 0) is 30.5 Å². The number of hydrogen-bond donors (Lipinski definition) is 1. The van der Waals surface area contributed by atoms with Crippen molar-refractivity contribution in [2.45, 2.75) is 26.3 Å². The molecule has 1 aliphatic rings. The van der Waals surface area contributed by atoms with Crippen LogP contribution >= 0.6 is 0 Å². The Morgan fingerprint density at radius 1 is 1.38 bits per heavy atom. The highest BCUT2D eigenvalue weighted by Crippen LogP contribution is 2.29. The first-order chi connectivity index (χ1) is 12.3. The summed E-state index contributed by atoms with van der Waals surface area (Å²) in [5, 5.41) is 18.6. The average molecular weight is 379 g/mol. The Morgan fingerprint density at radius 3 is 2.77 bits per heavy atom. The fourth-order valence-electron chi connectivity index (χ4n) is 3.13. The van der Waals surface area contributed by atoms with Crippen LogP contribution in [0.4, 0.5) is 17.2 Å². The zero-order valence-electron chi connectivity index (χ0n) is 14.7. The van der Waals surface area contributed by atoms with Crippen molar-refractivity contribution in [1.82, 2.24) is 9.78 Å². The molecular weight excluding hydrogens is 358 g/mol. The van der Waals surface area contributed by atoms with E-state index in [4.69, 9.17) is 0 Å². The molecule has 0 atom stereocenters. The van der Waals surface area contributed by atoms with Gasteiger partial charge in [0.25, 0.3) is 0 Å². The molecule has 0 aliphatic carbocycles. The summed E-state index contributed by atoms with van der Waals surface area (Å²) in [6.07, 6.45) is 1.08. The number of aryl methyl sites for hydroxylation is 2. The van der Waals surface area contributed by atoms with Crippen LogP contribution in [0.25, 0.3) is 0 Å². The van der Waals surface area contributed by atoms with Gasteiger partial charge in [-0.25, -0.2) is 13.1 Å². The number of sulfonamides is 1. The highest BCUT2D eigenvalue weighted by atomic mass is 32.2. The highest BCUT2D eigenvalue weighted by Gasteiger charge is 2.28. The van der Waals surface area contributed by atoms with Crippen LogP contribution in [0, 0.1) is 10.1 Å². The first-order valence-corrected chi connectivity index (χ1v) is 9.98. The molecule has 1 N–H and O–H groups in total. The predicted octanol–water partition coefficient (Wildman–Crippen LogP) is 2.04. The summed E-state index contributed by atoms with van der Waals surface area (Å²) in [5.41, 5.74) is 1.86. The lowest BCUT2D eigenvalue weighted by atomic mass is 10.2. The number of hydrogen-bond acceptors (Lipinski definition) is 6. The van der Waals surface area contributed by atoms with Gasteiger partial charge in [0, 0.05) is 20.1 Å². The van der Waals surface area contributed by atoms with Crippen LogP contribution in [0.2, 0.25) is 0 Å². The van der Waals surface area contributed by atoms with Crippen LogP contribution in [0.1, 0.15) is 24.6 Å². The smallest absolute Gasteiger partial charge is 0.333 e. The molecule has 26 heavy (non-hydrogen) atoms. The minimum absolute atomic E-state index is 0.0201. The third-order valence-corrected chi connectivity index (χ3v) is 6.24. The van der Waals surface area contributed by atoms with E-state index in [2.05, 4.69) is 10.4 Å². The fraction of sp³-hybridized carbons (Fsp3) is 0.438. The molecule has 0 spiro atoms. The van der Waals surface area contributed by atoms with Crippen LogP contribution in [0.5, 0.6) is 0 Å². The largest absolute Gasteiger partial charge is 0.360 e. The minimum atomic E-state index is -3.24. The van der Waals surface area contributed by atoms with E-state index in [9.17, 15) is 18.5 Å². The van der Waals surface area contributed by atoms with E-state index in [0.717, 1.165) is 5.56 Å². The van der Waals surface area contributed by atoms with E-state index in [1.807, 2.05) is 13.0 Å². The molecule has 0 radical (unpaired) electrons. The molecule has 3 rings (SSSR count). The van der Waals surface area contributed by atoms with Crippen molar-refractivity contribution in [3.63, 3.8) is 0 Å². The Hall–Kier alpha value is -2.62. The van der Waals surface area contributed by atoms with Crippen LogP contribution in [-0.4, -0.2) is 35.4 Å². The summed E-state index contributed by atoms with van der Waals surface area (Å²) in [7, 11) is -1.58. The topological polar surface area (TPSA) is 110 Å². The summed E-state index contributed by atoms with van der Waals surface area (Å²) in [5.74, 6) is 0.502. The number of benzene rings is 1. The van der Waals surface area contributed by atoms with Gasteiger partial charge in [0.05, 0.1) is 16.4 Å². The van der Waals surface area contributed by atoms with Gasteiger partial charge in [-0.1, -0.05) is 19.1 Å². The van der Waals surface area contributed by atoms with Crippen molar-refractivity contribution in [2.24, 2.45) is 7.05 Å². The standard InChI is InChI=1S/C16H21N5O4S/c1-3-14-15(21(22)23)16(19(2)18-14)17-11-12-6-4-7-13(10-12)20-8-5-9-26(20,24)25/h4,6-7,10,17H,3,5,8-9,11H2,1-2H3. The molecule has 2 aromatic rings. The maximum atomic E-state index is 12.1. The summed E-state index contributed by atoms with van der Waals surface area (Å²) in [6, 6.07) is 7.18. The van der Waals surface area contributed by atoms with Gasteiger partial charge in [0.2, 0.25) is 15.8 Å². The molecule has 10 heteroatoms.